The Labute approximate surface area is 162 Å². The number of ether oxygens (including phenoxy) is 4. The molecule has 0 fully saturated rings. The molecule has 0 aliphatic heterocycles. The van der Waals surface area contributed by atoms with Crippen LogP contribution >= 0.6 is 11.3 Å². The zero-order valence-electron chi connectivity index (χ0n) is 15.6. The lowest BCUT2D eigenvalue weighted by Crippen LogP contribution is -2.27. The van der Waals surface area contributed by atoms with Crippen LogP contribution in [0.15, 0.2) is 28.5 Å². The van der Waals surface area contributed by atoms with E-state index in [1.807, 2.05) is 0 Å². The van der Waals surface area contributed by atoms with Crippen molar-refractivity contribution in [1.82, 2.24) is 4.31 Å². The molecule has 0 saturated carbocycles. The molecule has 0 bridgehead atoms. The summed E-state index contributed by atoms with van der Waals surface area (Å²) in [6.45, 7) is 0.00230. The van der Waals surface area contributed by atoms with Gasteiger partial charge in [-0.2, -0.15) is 4.31 Å². The van der Waals surface area contributed by atoms with Crippen LogP contribution in [0.2, 0.25) is 0 Å². The largest absolute Gasteiger partial charge is 0.493 e. The average Bonchev–Trinajstić information content (AvgIpc) is 3.17. The third kappa shape index (κ3) is 4.02. The van der Waals surface area contributed by atoms with E-state index in [2.05, 4.69) is 4.74 Å². The standard InChI is InChI=1S/C17H21NO7S2/c1-18(27(20,21)13-8-9-26-16(13)17(19)25-5)10-11-6-7-12(22-2)15(24-4)14(11)23-3/h6-9H,10H2,1-5H3. The van der Waals surface area contributed by atoms with E-state index in [-0.39, 0.29) is 16.3 Å². The molecule has 8 nitrogen and oxygen atoms in total. The average molecular weight is 415 g/mol. The van der Waals surface area contributed by atoms with Crippen LogP contribution in [0.3, 0.4) is 0 Å². The summed E-state index contributed by atoms with van der Waals surface area (Å²) in [5.74, 6) is 0.515. The van der Waals surface area contributed by atoms with Crippen LogP contribution < -0.4 is 14.2 Å². The van der Waals surface area contributed by atoms with E-state index in [4.69, 9.17) is 14.2 Å². The lowest BCUT2D eigenvalue weighted by molar-refractivity contribution is 0.0602. The number of hydrogen-bond donors (Lipinski definition) is 0. The first kappa shape index (κ1) is 21.0. The monoisotopic (exact) mass is 415 g/mol. The molecular formula is C17H21NO7S2. The van der Waals surface area contributed by atoms with Gasteiger partial charge in [-0.05, 0) is 17.5 Å². The van der Waals surface area contributed by atoms with Crippen molar-refractivity contribution in [3.05, 3.63) is 34.0 Å². The minimum absolute atomic E-state index is 0.00230. The summed E-state index contributed by atoms with van der Waals surface area (Å²) in [7, 11) is 3.13. The number of nitrogens with zero attached hydrogens (tertiary/aromatic N) is 1. The van der Waals surface area contributed by atoms with Gasteiger partial charge in [-0.1, -0.05) is 6.07 Å². The van der Waals surface area contributed by atoms with Gasteiger partial charge in [0.15, 0.2) is 11.5 Å². The molecule has 0 aliphatic carbocycles. The van der Waals surface area contributed by atoms with Gasteiger partial charge in [-0.15, -0.1) is 11.3 Å². The van der Waals surface area contributed by atoms with Gasteiger partial charge in [0.2, 0.25) is 15.8 Å². The molecule has 1 aromatic heterocycles. The highest BCUT2D eigenvalue weighted by molar-refractivity contribution is 7.89. The molecule has 0 radical (unpaired) electrons. The predicted molar refractivity (Wildman–Crippen MR) is 100 cm³/mol. The summed E-state index contributed by atoms with van der Waals surface area (Å²) in [6.07, 6.45) is 0. The molecule has 27 heavy (non-hydrogen) atoms. The van der Waals surface area contributed by atoms with Gasteiger partial charge < -0.3 is 18.9 Å². The molecule has 1 aromatic carbocycles. The first-order valence-corrected chi connectivity index (χ1v) is 10.0. The summed E-state index contributed by atoms with van der Waals surface area (Å²) in [5, 5.41) is 1.53. The van der Waals surface area contributed by atoms with Crippen molar-refractivity contribution in [3.63, 3.8) is 0 Å². The van der Waals surface area contributed by atoms with Crippen molar-refractivity contribution >= 4 is 27.3 Å². The van der Waals surface area contributed by atoms with Crippen LogP contribution in [0, 0.1) is 0 Å². The molecule has 0 spiro atoms. The maximum atomic E-state index is 12.9. The van der Waals surface area contributed by atoms with Crippen molar-refractivity contribution in [2.24, 2.45) is 0 Å². The number of thiophene rings is 1. The highest BCUT2D eigenvalue weighted by Gasteiger charge is 2.29. The molecule has 0 atom stereocenters. The number of methoxy groups -OCH3 is 4. The first-order valence-electron chi connectivity index (χ1n) is 7.71. The fourth-order valence-electron chi connectivity index (χ4n) is 2.52. The molecule has 0 amide bonds. The minimum Gasteiger partial charge on any atom is -0.493 e. The van der Waals surface area contributed by atoms with Gasteiger partial charge in [-0.3, -0.25) is 0 Å². The van der Waals surface area contributed by atoms with Crippen LogP contribution in [0.25, 0.3) is 0 Å². The van der Waals surface area contributed by atoms with Crippen LogP contribution in [0.5, 0.6) is 17.2 Å². The van der Waals surface area contributed by atoms with Gasteiger partial charge in [0.25, 0.3) is 0 Å². The summed E-state index contributed by atoms with van der Waals surface area (Å²) >= 11 is 1.01. The van der Waals surface area contributed by atoms with E-state index < -0.39 is 16.0 Å². The first-order chi connectivity index (χ1) is 12.8. The van der Waals surface area contributed by atoms with E-state index in [0.717, 1.165) is 15.6 Å². The molecule has 0 aliphatic rings. The van der Waals surface area contributed by atoms with E-state index in [9.17, 15) is 13.2 Å². The molecule has 148 valence electrons. The number of sulfonamides is 1. The maximum absolute atomic E-state index is 12.9. The summed E-state index contributed by atoms with van der Waals surface area (Å²) in [5.41, 5.74) is 0.580. The minimum atomic E-state index is -3.92. The van der Waals surface area contributed by atoms with E-state index >= 15 is 0 Å². The Morgan fingerprint density at radius 2 is 1.70 bits per heavy atom. The Kier molecular flexibility index (Phi) is 6.68. The Bertz CT molecular complexity index is 921. The quantitative estimate of drug-likeness (QED) is 0.611. The number of carbonyl (C=O) groups excluding carboxylic acids is 1. The van der Waals surface area contributed by atoms with Crippen LogP contribution in [-0.4, -0.2) is 54.2 Å². The van der Waals surface area contributed by atoms with Gasteiger partial charge in [0.1, 0.15) is 9.77 Å². The Balaban J connectivity index is 2.41. The zero-order chi connectivity index (χ0) is 20.2. The normalized spacial score (nSPS) is 11.3. The summed E-state index contributed by atoms with van der Waals surface area (Å²) < 4.78 is 47.6. The Morgan fingerprint density at radius 3 is 2.26 bits per heavy atom. The van der Waals surface area contributed by atoms with E-state index in [1.165, 1.54) is 46.9 Å². The molecule has 2 aromatic rings. The molecule has 1 heterocycles. The maximum Gasteiger partial charge on any atom is 0.349 e. The fraction of sp³-hybridized carbons (Fsp3) is 0.353. The van der Waals surface area contributed by atoms with Crippen molar-refractivity contribution in [2.75, 3.05) is 35.5 Å². The van der Waals surface area contributed by atoms with Crippen molar-refractivity contribution in [2.45, 2.75) is 11.4 Å². The summed E-state index contributed by atoms with van der Waals surface area (Å²) in [4.78, 5) is 11.8. The number of hydrogen-bond acceptors (Lipinski definition) is 8. The third-order valence-corrected chi connectivity index (χ3v) is 6.74. The van der Waals surface area contributed by atoms with Gasteiger partial charge >= 0.3 is 5.97 Å². The SMILES string of the molecule is COC(=O)c1sccc1S(=O)(=O)N(C)Cc1ccc(OC)c(OC)c1OC. The second kappa shape index (κ2) is 8.59. The Hall–Kier alpha value is -2.30. The molecule has 0 saturated heterocycles. The summed E-state index contributed by atoms with van der Waals surface area (Å²) in [6, 6.07) is 4.75. The van der Waals surface area contributed by atoms with E-state index in [0.29, 0.717) is 22.8 Å². The highest BCUT2D eigenvalue weighted by atomic mass is 32.2. The fourth-order valence-corrected chi connectivity index (χ4v) is 4.98. The van der Waals surface area contributed by atoms with Crippen LogP contribution in [0.4, 0.5) is 0 Å². The molecule has 2 rings (SSSR count). The number of benzene rings is 1. The second-order valence-electron chi connectivity index (χ2n) is 5.36. The Morgan fingerprint density at radius 1 is 1.04 bits per heavy atom. The topological polar surface area (TPSA) is 91.4 Å². The molecule has 0 N–H and O–H groups in total. The second-order valence-corrected chi connectivity index (χ2v) is 8.29. The molecule has 0 unspecified atom stereocenters. The number of rotatable bonds is 8. The van der Waals surface area contributed by atoms with Crippen molar-refractivity contribution < 1.29 is 32.2 Å². The molecular weight excluding hydrogens is 394 g/mol. The van der Waals surface area contributed by atoms with Gasteiger partial charge in [0.05, 0.1) is 28.4 Å². The number of carbonyl (C=O) groups is 1. The highest BCUT2D eigenvalue weighted by Crippen LogP contribution is 2.40. The predicted octanol–water partition coefficient (Wildman–Crippen LogP) is 2.38. The lowest BCUT2D eigenvalue weighted by Gasteiger charge is -2.20. The van der Waals surface area contributed by atoms with E-state index in [1.54, 1.807) is 12.1 Å². The smallest absolute Gasteiger partial charge is 0.349 e. The van der Waals surface area contributed by atoms with Crippen LogP contribution in [-0.2, 0) is 21.3 Å². The van der Waals surface area contributed by atoms with Crippen molar-refractivity contribution in [3.8, 4) is 17.2 Å². The number of esters is 1. The zero-order valence-corrected chi connectivity index (χ0v) is 17.3. The lowest BCUT2D eigenvalue weighted by atomic mass is 10.1. The van der Waals surface area contributed by atoms with Gasteiger partial charge in [-0.25, -0.2) is 13.2 Å². The molecule has 10 heteroatoms. The van der Waals surface area contributed by atoms with Crippen molar-refractivity contribution in [1.29, 1.82) is 0 Å². The third-order valence-electron chi connectivity index (χ3n) is 3.87. The van der Waals surface area contributed by atoms with Gasteiger partial charge in [0, 0.05) is 19.2 Å². The van der Waals surface area contributed by atoms with Crippen LogP contribution in [0.1, 0.15) is 15.2 Å².